The van der Waals surface area contributed by atoms with E-state index in [-0.39, 0.29) is 18.0 Å². The number of benzene rings is 2. The molecule has 0 aliphatic heterocycles. The van der Waals surface area contributed by atoms with Crippen LogP contribution in [-0.4, -0.2) is 21.4 Å². The lowest BCUT2D eigenvalue weighted by atomic mass is 10.1. The predicted molar refractivity (Wildman–Crippen MR) is 131 cm³/mol. The minimum atomic E-state index is -0.404. The minimum Gasteiger partial charge on any atom is -0.346 e. The van der Waals surface area contributed by atoms with E-state index in [1.165, 1.54) is 22.9 Å². The highest BCUT2D eigenvalue weighted by atomic mass is 35.5. The highest BCUT2D eigenvalue weighted by molar-refractivity contribution is 6.31. The van der Waals surface area contributed by atoms with Gasteiger partial charge in [-0.2, -0.15) is 0 Å². The summed E-state index contributed by atoms with van der Waals surface area (Å²) in [5.74, 6) is -0.686. The van der Waals surface area contributed by atoms with Crippen LogP contribution in [0.5, 0.6) is 0 Å². The number of carbonyl (C=O) groups excluding carboxylic acids is 2. The van der Waals surface area contributed by atoms with Crippen LogP contribution in [0.2, 0.25) is 5.02 Å². The number of nitrogens with zero attached hydrogens (tertiary/aromatic N) is 2. The Hall–Kier alpha value is -4.23. The summed E-state index contributed by atoms with van der Waals surface area (Å²) < 4.78 is 1.43. The number of anilines is 1. The zero-order valence-corrected chi connectivity index (χ0v) is 18.8. The second-order valence-corrected chi connectivity index (χ2v) is 7.92. The van der Waals surface area contributed by atoms with E-state index in [4.69, 9.17) is 11.6 Å². The molecule has 2 amide bonds. The van der Waals surface area contributed by atoms with Crippen LogP contribution in [0.1, 0.15) is 32.0 Å². The molecule has 8 heteroatoms. The Labute approximate surface area is 201 Å². The number of aromatic nitrogens is 2. The molecule has 0 saturated heterocycles. The topological polar surface area (TPSA) is 93.1 Å². The molecule has 2 N–H and O–H groups in total. The maximum Gasteiger partial charge on any atom is 0.257 e. The third kappa shape index (κ3) is 5.76. The Morgan fingerprint density at radius 2 is 1.71 bits per heavy atom. The lowest BCUT2D eigenvalue weighted by molar-refractivity contribution is 0.0949. The van der Waals surface area contributed by atoms with E-state index < -0.39 is 5.91 Å². The average Bonchev–Trinajstić information content (AvgIpc) is 2.86. The van der Waals surface area contributed by atoms with Crippen molar-refractivity contribution in [1.29, 1.82) is 0 Å². The maximum absolute atomic E-state index is 12.8. The Balaban J connectivity index is 1.45. The molecule has 0 spiro atoms. The zero-order valence-electron chi connectivity index (χ0n) is 18.1. The number of nitrogens with one attached hydrogen (secondary N) is 2. The van der Waals surface area contributed by atoms with Crippen molar-refractivity contribution in [3.05, 3.63) is 129 Å². The van der Waals surface area contributed by atoms with Gasteiger partial charge in [-0.05, 0) is 48.0 Å². The second-order valence-electron chi connectivity index (χ2n) is 7.51. The number of amides is 2. The van der Waals surface area contributed by atoms with Gasteiger partial charge >= 0.3 is 0 Å². The summed E-state index contributed by atoms with van der Waals surface area (Å²) in [5, 5.41) is 6.13. The van der Waals surface area contributed by atoms with E-state index >= 15 is 0 Å². The normalized spacial score (nSPS) is 10.5. The van der Waals surface area contributed by atoms with Gasteiger partial charge in [0.1, 0.15) is 0 Å². The quantitative estimate of drug-likeness (QED) is 0.423. The molecule has 0 bridgehead atoms. The standard InChI is InChI=1S/C26H21ClN4O3/c27-23-10-2-1-6-19(23)16-31-17-20(11-12-24(31)32)26(34)30-21-9-5-7-18(14-21)25(33)29-15-22-8-3-4-13-28-22/h1-14,17H,15-16H2,(H,29,33)(H,30,34). The van der Waals surface area contributed by atoms with Crippen LogP contribution in [0, 0.1) is 0 Å². The summed E-state index contributed by atoms with van der Waals surface area (Å²) >= 11 is 6.20. The van der Waals surface area contributed by atoms with E-state index in [0.29, 0.717) is 28.4 Å². The van der Waals surface area contributed by atoms with Gasteiger partial charge < -0.3 is 15.2 Å². The molecule has 0 radical (unpaired) electrons. The van der Waals surface area contributed by atoms with E-state index in [9.17, 15) is 14.4 Å². The van der Waals surface area contributed by atoms with Crippen LogP contribution < -0.4 is 16.2 Å². The molecule has 2 aromatic heterocycles. The van der Waals surface area contributed by atoms with Gasteiger partial charge in [0, 0.05) is 34.7 Å². The first-order valence-electron chi connectivity index (χ1n) is 10.5. The molecule has 2 heterocycles. The first-order valence-corrected chi connectivity index (χ1v) is 10.9. The summed E-state index contributed by atoms with van der Waals surface area (Å²) in [6.07, 6.45) is 3.15. The Kier molecular flexibility index (Phi) is 7.15. The Bertz CT molecular complexity index is 1390. The molecule has 170 valence electrons. The predicted octanol–water partition coefficient (Wildman–Crippen LogP) is 4.13. The van der Waals surface area contributed by atoms with Gasteiger partial charge in [0.25, 0.3) is 17.4 Å². The highest BCUT2D eigenvalue weighted by Crippen LogP contribution is 2.16. The van der Waals surface area contributed by atoms with Gasteiger partial charge in [0.2, 0.25) is 0 Å². The van der Waals surface area contributed by atoms with Crippen molar-refractivity contribution in [3.63, 3.8) is 0 Å². The molecule has 2 aromatic carbocycles. The summed E-state index contributed by atoms with van der Waals surface area (Å²) in [6.45, 7) is 0.536. The fraction of sp³-hybridized carbons (Fsp3) is 0.0769. The molecule has 0 aliphatic carbocycles. The van der Waals surface area contributed by atoms with Crippen molar-refractivity contribution in [2.45, 2.75) is 13.1 Å². The number of halogens is 1. The third-order valence-electron chi connectivity index (χ3n) is 5.08. The van der Waals surface area contributed by atoms with Crippen LogP contribution in [0.4, 0.5) is 5.69 Å². The van der Waals surface area contributed by atoms with Gasteiger partial charge in [0.05, 0.1) is 24.3 Å². The lowest BCUT2D eigenvalue weighted by Crippen LogP contribution is -2.24. The molecule has 0 aliphatic rings. The van der Waals surface area contributed by atoms with Crippen molar-refractivity contribution in [3.8, 4) is 0 Å². The van der Waals surface area contributed by atoms with E-state index in [1.807, 2.05) is 30.3 Å². The second kappa shape index (κ2) is 10.6. The largest absolute Gasteiger partial charge is 0.346 e. The van der Waals surface area contributed by atoms with Gasteiger partial charge in [-0.1, -0.05) is 41.9 Å². The minimum absolute atomic E-state index is 0.242. The van der Waals surface area contributed by atoms with Gasteiger partial charge in [0.15, 0.2) is 0 Å². The third-order valence-corrected chi connectivity index (χ3v) is 5.45. The fourth-order valence-corrected chi connectivity index (χ4v) is 3.51. The monoisotopic (exact) mass is 472 g/mol. The Morgan fingerprint density at radius 3 is 2.50 bits per heavy atom. The summed E-state index contributed by atoms with van der Waals surface area (Å²) in [6, 6.07) is 22.1. The van der Waals surface area contributed by atoms with Crippen molar-refractivity contribution in [2.75, 3.05) is 5.32 Å². The number of hydrogen-bond acceptors (Lipinski definition) is 4. The van der Waals surface area contributed by atoms with Crippen LogP contribution in [0.3, 0.4) is 0 Å². The molecular weight excluding hydrogens is 452 g/mol. The van der Waals surface area contributed by atoms with Crippen molar-refractivity contribution >= 4 is 29.1 Å². The van der Waals surface area contributed by atoms with Crippen LogP contribution in [0.25, 0.3) is 0 Å². The summed E-state index contributed by atoms with van der Waals surface area (Å²) in [5.41, 5.74) is 2.43. The van der Waals surface area contributed by atoms with Crippen LogP contribution >= 0.6 is 11.6 Å². The molecule has 4 aromatic rings. The molecular formula is C26H21ClN4O3. The first-order chi connectivity index (χ1) is 16.5. The van der Waals surface area contributed by atoms with E-state index in [2.05, 4.69) is 15.6 Å². The molecule has 0 atom stereocenters. The number of pyridine rings is 2. The zero-order chi connectivity index (χ0) is 23.9. The summed E-state index contributed by atoms with van der Waals surface area (Å²) in [4.78, 5) is 41.8. The van der Waals surface area contributed by atoms with E-state index in [1.54, 1.807) is 42.6 Å². The van der Waals surface area contributed by atoms with E-state index in [0.717, 1.165) is 11.3 Å². The van der Waals surface area contributed by atoms with Crippen LogP contribution in [-0.2, 0) is 13.1 Å². The van der Waals surface area contributed by atoms with Crippen LogP contribution in [0.15, 0.2) is 96.1 Å². The van der Waals surface area contributed by atoms with Gasteiger partial charge in [-0.15, -0.1) is 0 Å². The molecule has 0 unspecified atom stereocenters. The number of hydrogen-bond donors (Lipinski definition) is 2. The van der Waals surface area contributed by atoms with Gasteiger partial charge in [-0.25, -0.2) is 0 Å². The Morgan fingerprint density at radius 1 is 0.882 bits per heavy atom. The van der Waals surface area contributed by atoms with Crippen molar-refractivity contribution in [1.82, 2.24) is 14.9 Å². The molecule has 4 rings (SSSR count). The number of rotatable bonds is 7. The molecule has 0 saturated carbocycles. The molecule has 7 nitrogen and oxygen atoms in total. The summed E-state index contributed by atoms with van der Waals surface area (Å²) in [7, 11) is 0. The average molecular weight is 473 g/mol. The maximum atomic E-state index is 12.8. The SMILES string of the molecule is O=C(NCc1ccccn1)c1cccc(NC(=O)c2ccc(=O)n(Cc3ccccc3Cl)c2)c1. The lowest BCUT2D eigenvalue weighted by Gasteiger charge is -2.11. The van der Waals surface area contributed by atoms with Crippen molar-refractivity contribution in [2.24, 2.45) is 0 Å². The molecule has 34 heavy (non-hydrogen) atoms. The smallest absolute Gasteiger partial charge is 0.257 e. The van der Waals surface area contributed by atoms with Crippen molar-refractivity contribution < 1.29 is 9.59 Å². The first kappa shape index (κ1) is 22.9. The van der Waals surface area contributed by atoms with Gasteiger partial charge in [-0.3, -0.25) is 19.4 Å². The fourth-order valence-electron chi connectivity index (χ4n) is 3.32. The highest BCUT2D eigenvalue weighted by Gasteiger charge is 2.12. The number of carbonyl (C=O) groups is 2. The molecule has 0 fully saturated rings.